The molecule has 0 amide bonds. The van der Waals surface area contributed by atoms with Crippen LogP contribution in [0.3, 0.4) is 0 Å². The van der Waals surface area contributed by atoms with Crippen LogP contribution in [-0.4, -0.2) is 19.3 Å². The van der Waals surface area contributed by atoms with E-state index in [9.17, 15) is 13.2 Å². The Balaban J connectivity index is 2.95. The Kier molecular flexibility index (Phi) is 6.15. The van der Waals surface area contributed by atoms with Crippen molar-refractivity contribution in [2.75, 3.05) is 13.2 Å². The van der Waals surface area contributed by atoms with Crippen molar-refractivity contribution in [3.63, 3.8) is 0 Å². The summed E-state index contributed by atoms with van der Waals surface area (Å²) in [6.45, 7) is 4.71. The van der Waals surface area contributed by atoms with Crippen LogP contribution in [0, 0.1) is 0 Å². The molecule has 0 bridgehead atoms. The second-order valence-corrected chi connectivity index (χ2v) is 4.30. The van der Waals surface area contributed by atoms with E-state index < -0.39 is 18.6 Å². The summed E-state index contributed by atoms with van der Waals surface area (Å²) in [6, 6.07) is 6.12. The van der Waals surface area contributed by atoms with E-state index in [0.29, 0.717) is 24.5 Å². The van der Waals surface area contributed by atoms with Crippen LogP contribution in [0.2, 0.25) is 0 Å². The summed E-state index contributed by atoms with van der Waals surface area (Å²) in [5, 5.41) is 2.94. The van der Waals surface area contributed by atoms with Gasteiger partial charge in [0.2, 0.25) is 0 Å². The Morgan fingerprint density at radius 3 is 2.47 bits per heavy atom. The third-order valence-electron chi connectivity index (χ3n) is 2.67. The van der Waals surface area contributed by atoms with E-state index >= 15 is 0 Å². The van der Waals surface area contributed by atoms with Gasteiger partial charge in [0.15, 0.2) is 0 Å². The molecular formula is C14H20F3NO. The molecule has 0 heterocycles. The third kappa shape index (κ3) is 5.51. The van der Waals surface area contributed by atoms with Gasteiger partial charge in [0.05, 0.1) is 13.0 Å². The summed E-state index contributed by atoms with van der Waals surface area (Å²) in [7, 11) is 0. The van der Waals surface area contributed by atoms with Crippen molar-refractivity contribution < 1.29 is 17.9 Å². The smallest absolute Gasteiger partial charge is 0.390 e. The molecular weight excluding hydrogens is 255 g/mol. The summed E-state index contributed by atoms with van der Waals surface area (Å²) in [6.07, 6.45) is -4.31. The van der Waals surface area contributed by atoms with Crippen molar-refractivity contribution in [3.05, 3.63) is 29.8 Å². The lowest BCUT2D eigenvalue weighted by Crippen LogP contribution is -2.27. The Bertz CT molecular complexity index is 379. The van der Waals surface area contributed by atoms with Crippen LogP contribution in [0.1, 0.15) is 38.3 Å². The van der Waals surface area contributed by atoms with E-state index in [-0.39, 0.29) is 0 Å². The number of hydrogen-bond donors (Lipinski definition) is 1. The van der Waals surface area contributed by atoms with Crippen LogP contribution >= 0.6 is 0 Å². The highest BCUT2D eigenvalue weighted by Gasteiger charge is 2.33. The normalized spacial score (nSPS) is 13.3. The molecule has 1 aromatic carbocycles. The van der Waals surface area contributed by atoms with Crippen molar-refractivity contribution in [2.45, 2.75) is 38.9 Å². The molecule has 0 radical (unpaired) electrons. The summed E-state index contributed by atoms with van der Waals surface area (Å²) in [5.41, 5.74) is 0.565. The standard InChI is InChI=1S/C14H20F3NO/c1-3-9-18-12(10-14(15,16)17)11-7-5-6-8-13(11)19-4-2/h5-8,12,18H,3-4,9-10H2,1-2H3. The first-order chi connectivity index (χ1) is 8.98. The molecule has 0 aliphatic carbocycles. The van der Waals surface area contributed by atoms with E-state index in [2.05, 4.69) is 5.32 Å². The first-order valence-corrected chi connectivity index (χ1v) is 6.49. The number of rotatable bonds is 7. The molecule has 0 saturated heterocycles. The number of hydrogen-bond acceptors (Lipinski definition) is 2. The molecule has 0 fully saturated rings. The van der Waals surface area contributed by atoms with Gasteiger partial charge in [-0.05, 0) is 26.0 Å². The molecule has 108 valence electrons. The van der Waals surface area contributed by atoms with E-state index in [4.69, 9.17) is 4.74 Å². The van der Waals surface area contributed by atoms with Gasteiger partial charge in [0.25, 0.3) is 0 Å². The molecule has 0 aliphatic rings. The van der Waals surface area contributed by atoms with Gasteiger partial charge in [-0.1, -0.05) is 25.1 Å². The van der Waals surface area contributed by atoms with E-state index in [1.807, 2.05) is 13.8 Å². The maximum atomic E-state index is 12.7. The largest absolute Gasteiger partial charge is 0.494 e. The molecule has 5 heteroatoms. The van der Waals surface area contributed by atoms with Gasteiger partial charge in [0, 0.05) is 11.6 Å². The maximum Gasteiger partial charge on any atom is 0.390 e. The summed E-state index contributed by atoms with van der Waals surface area (Å²) < 4.78 is 43.4. The van der Waals surface area contributed by atoms with Crippen LogP contribution in [0.4, 0.5) is 13.2 Å². The molecule has 0 aromatic heterocycles. The summed E-state index contributed by atoms with van der Waals surface area (Å²) in [4.78, 5) is 0. The fraction of sp³-hybridized carbons (Fsp3) is 0.571. The zero-order chi connectivity index (χ0) is 14.3. The zero-order valence-corrected chi connectivity index (χ0v) is 11.3. The van der Waals surface area contributed by atoms with Crippen LogP contribution in [0.25, 0.3) is 0 Å². The van der Waals surface area contributed by atoms with E-state index in [1.165, 1.54) is 0 Å². The second-order valence-electron chi connectivity index (χ2n) is 4.30. The molecule has 1 aromatic rings. The average molecular weight is 275 g/mol. The van der Waals surface area contributed by atoms with Gasteiger partial charge in [-0.3, -0.25) is 0 Å². The topological polar surface area (TPSA) is 21.3 Å². The zero-order valence-electron chi connectivity index (χ0n) is 11.3. The lowest BCUT2D eigenvalue weighted by atomic mass is 10.0. The summed E-state index contributed by atoms with van der Waals surface area (Å²) in [5.74, 6) is 0.517. The number of benzene rings is 1. The van der Waals surface area contributed by atoms with Crippen LogP contribution in [0.15, 0.2) is 24.3 Å². The van der Waals surface area contributed by atoms with Crippen LogP contribution in [0.5, 0.6) is 5.75 Å². The fourth-order valence-electron chi connectivity index (χ4n) is 1.90. The number of para-hydroxylation sites is 1. The molecule has 0 aliphatic heterocycles. The van der Waals surface area contributed by atoms with Crippen molar-refractivity contribution in [2.24, 2.45) is 0 Å². The van der Waals surface area contributed by atoms with Gasteiger partial charge in [-0.15, -0.1) is 0 Å². The minimum atomic E-state index is -4.20. The number of halogens is 3. The monoisotopic (exact) mass is 275 g/mol. The maximum absolute atomic E-state index is 12.7. The predicted molar refractivity (Wildman–Crippen MR) is 69.3 cm³/mol. The molecule has 0 spiro atoms. The van der Waals surface area contributed by atoms with E-state index in [0.717, 1.165) is 6.42 Å². The summed E-state index contributed by atoms with van der Waals surface area (Å²) >= 11 is 0. The van der Waals surface area contributed by atoms with Gasteiger partial charge >= 0.3 is 6.18 Å². The van der Waals surface area contributed by atoms with E-state index in [1.54, 1.807) is 24.3 Å². The first kappa shape index (κ1) is 15.8. The average Bonchev–Trinajstić information content (AvgIpc) is 2.34. The Morgan fingerprint density at radius 2 is 1.89 bits per heavy atom. The Hall–Kier alpha value is -1.23. The second kappa shape index (κ2) is 7.38. The van der Waals surface area contributed by atoms with Crippen molar-refractivity contribution in [3.8, 4) is 5.75 Å². The SMILES string of the molecule is CCCNC(CC(F)(F)F)c1ccccc1OCC. The van der Waals surface area contributed by atoms with Crippen molar-refractivity contribution in [1.82, 2.24) is 5.32 Å². The molecule has 1 rings (SSSR count). The molecule has 0 saturated carbocycles. The van der Waals surface area contributed by atoms with Crippen molar-refractivity contribution in [1.29, 1.82) is 0 Å². The number of ether oxygens (including phenoxy) is 1. The molecule has 19 heavy (non-hydrogen) atoms. The van der Waals surface area contributed by atoms with Crippen LogP contribution < -0.4 is 10.1 Å². The molecule has 1 N–H and O–H groups in total. The highest BCUT2D eigenvalue weighted by Crippen LogP contribution is 2.33. The Morgan fingerprint density at radius 1 is 1.21 bits per heavy atom. The van der Waals surface area contributed by atoms with Crippen LogP contribution in [-0.2, 0) is 0 Å². The minimum absolute atomic E-state index is 0.434. The van der Waals surface area contributed by atoms with Gasteiger partial charge in [-0.25, -0.2) is 0 Å². The molecule has 1 unspecified atom stereocenters. The predicted octanol–water partition coefficient (Wildman–Crippen LogP) is 4.08. The minimum Gasteiger partial charge on any atom is -0.494 e. The first-order valence-electron chi connectivity index (χ1n) is 6.49. The third-order valence-corrected chi connectivity index (χ3v) is 2.67. The van der Waals surface area contributed by atoms with Gasteiger partial charge < -0.3 is 10.1 Å². The number of alkyl halides is 3. The van der Waals surface area contributed by atoms with Crippen molar-refractivity contribution >= 4 is 0 Å². The lowest BCUT2D eigenvalue weighted by molar-refractivity contribution is -0.140. The van der Waals surface area contributed by atoms with Gasteiger partial charge in [-0.2, -0.15) is 13.2 Å². The fourth-order valence-corrected chi connectivity index (χ4v) is 1.90. The highest BCUT2D eigenvalue weighted by atomic mass is 19.4. The lowest BCUT2D eigenvalue weighted by Gasteiger charge is -2.22. The molecule has 1 atom stereocenters. The number of nitrogens with one attached hydrogen (secondary N) is 1. The molecule has 2 nitrogen and oxygen atoms in total. The highest BCUT2D eigenvalue weighted by molar-refractivity contribution is 5.36. The van der Waals surface area contributed by atoms with Gasteiger partial charge in [0.1, 0.15) is 5.75 Å². The Labute approximate surface area is 112 Å². The quantitative estimate of drug-likeness (QED) is 0.809.